The number of halogens is 1. The first kappa shape index (κ1) is 12.6. The second kappa shape index (κ2) is 6.22. The van der Waals surface area contributed by atoms with Gasteiger partial charge in [-0.05, 0) is 34.5 Å². The van der Waals surface area contributed by atoms with E-state index in [0.29, 0.717) is 6.54 Å². The van der Waals surface area contributed by atoms with Gasteiger partial charge in [-0.2, -0.15) is 0 Å². The van der Waals surface area contributed by atoms with Crippen LogP contribution in [0.5, 0.6) is 0 Å². The lowest BCUT2D eigenvalue weighted by molar-refractivity contribution is -0.123. The molecule has 0 radical (unpaired) electrons. The highest BCUT2D eigenvalue weighted by atomic mass is 79.9. The van der Waals surface area contributed by atoms with Gasteiger partial charge < -0.3 is 16.2 Å². The molecule has 15 heavy (non-hydrogen) atoms. The highest BCUT2D eigenvalue weighted by Crippen LogP contribution is 2.21. The Kier molecular flexibility index (Phi) is 5.24. The summed E-state index contributed by atoms with van der Waals surface area (Å²) in [6, 6.07) is 3.16. The Morgan fingerprint density at radius 1 is 1.67 bits per heavy atom. The molecule has 1 rings (SSSR count). The van der Waals surface area contributed by atoms with Crippen LogP contribution in [0.1, 0.15) is 4.88 Å². The maximum Gasteiger partial charge on any atom is 0.239 e. The van der Waals surface area contributed by atoms with E-state index in [-0.39, 0.29) is 12.5 Å². The predicted molar refractivity (Wildman–Crippen MR) is 63.8 cm³/mol. The fourth-order valence-electron chi connectivity index (χ4n) is 1.01. The first-order valence-electron chi connectivity index (χ1n) is 4.52. The molecule has 0 aliphatic heterocycles. The van der Waals surface area contributed by atoms with Gasteiger partial charge in [-0.1, -0.05) is 0 Å². The summed E-state index contributed by atoms with van der Waals surface area (Å²) in [6.07, 6.45) is 0.778. The lowest BCUT2D eigenvalue weighted by Gasteiger charge is -2.08. The quantitative estimate of drug-likeness (QED) is 0.739. The Balaban J connectivity index is 2.24. The van der Waals surface area contributed by atoms with Crippen LogP contribution in [-0.4, -0.2) is 30.2 Å². The Bertz CT molecular complexity index is 330. The van der Waals surface area contributed by atoms with Crippen molar-refractivity contribution < 1.29 is 9.90 Å². The molecule has 6 heteroatoms. The van der Waals surface area contributed by atoms with Crippen LogP contribution in [0.25, 0.3) is 0 Å². The van der Waals surface area contributed by atoms with Crippen molar-refractivity contribution in [2.75, 3.05) is 13.2 Å². The zero-order valence-electron chi connectivity index (χ0n) is 8.07. The Hall–Kier alpha value is -0.430. The van der Waals surface area contributed by atoms with E-state index in [2.05, 4.69) is 21.2 Å². The number of aliphatic hydroxyl groups is 1. The van der Waals surface area contributed by atoms with Crippen LogP contribution in [0.2, 0.25) is 0 Å². The molecule has 4 N–H and O–H groups in total. The van der Waals surface area contributed by atoms with E-state index in [1.165, 1.54) is 4.88 Å². The van der Waals surface area contributed by atoms with Crippen molar-refractivity contribution in [3.05, 3.63) is 20.8 Å². The number of rotatable bonds is 5. The van der Waals surface area contributed by atoms with E-state index in [1.807, 2.05) is 12.1 Å². The molecule has 1 aromatic heterocycles. The first-order valence-corrected chi connectivity index (χ1v) is 6.13. The van der Waals surface area contributed by atoms with Crippen molar-refractivity contribution in [2.45, 2.75) is 12.5 Å². The van der Waals surface area contributed by atoms with Crippen molar-refractivity contribution in [1.82, 2.24) is 5.32 Å². The molecule has 0 saturated carbocycles. The van der Waals surface area contributed by atoms with E-state index in [0.717, 1.165) is 10.2 Å². The molecular formula is C9H13BrN2O2S. The molecule has 1 heterocycles. The summed E-state index contributed by atoms with van der Waals surface area (Å²) < 4.78 is 1.08. The van der Waals surface area contributed by atoms with Crippen molar-refractivity contribution in [3.63, 3.8) is 0 Å². The Morgan fingerprint density at radius 3 is 2.93 bits per heavy atom. The average molecular weight is 293 g/mol. The summed E-state index contributed by atoms with van der Waals surface area (Å²) in [5.74, 6) is -0.312. The van der Waals surface area contributed by atoms with Gasteiger partial charge in [-0.15, -0.1) is 11.3 Å². The van der Waals surface area contributed by atoms with Gasteiger partial charge in [0, 0.05) is 11.4 Å². The molecule has 1 aromatic rings. The lowest BCUT2D eigenvalue weighted by Crippen LogP contribution is -2.43. The van der Waals surface area contributed by atoms with Gasteiger partial charge in [0.15, 0.2) is 0 Å². The second-order valence-corrected chi connectivity index (χ2v) is 5.58. The third kappa shape index (κ3) is 4.29. The Labute approximate surface area is 101 Å². The minimum atomic E-state index is -0.819. The number of aliphatic hydroxyl groups excluding tert-OH is 1. The largest absolute Gasteiger partial charge is 0.394 e. The molecule has 0 aromatic carbocycles. The first-order chi connectivity index (χ1) is 7.13. The van der Waals surface area contributed by atoms with Crippen LogP contribution in [0.4, 0.5) is 0 Å². The fourth-order valence-corrected chi connectivity index (χ4v) is 2.49. The lowest BCUT2D eigenvalue weighted by atomic mass is 10.3. The number of carbonyl (C=O) groups is 1. The van der Waals surface area contributed by atoms with Crippen LogP contribution in [0, 0.1) is 0 Å². The SMILES string of the molecule is NC(CO)C(=O)NCCc1ccc(Br)s1. The molecule has 0 spiro atoms. The zero-order chi connectivity index (χ0) is 11.3. The minimum Gasteiger partial charge on any atom is -0.394 e. The topological polar surface area (TPSA) is 75.3 Å². The van der Waals surface area contributed by atoms with Gasteiger partial charge in [-0.3, -0.25) is 4.79 Å². The van der Waals surface area contributed by atoms with Crippen LogP contribution < -0.4 is 11.1 Å². The van der Waals surface area contributed by atoms with Crippen molar-refractivity contribution >= 4 is 33.2 Å². The van der Waals surface area contributed by atoms with Crippen LogP contribution in [0.3, 0.4) is 0 Å². The van der Waals surface area contributed by atoms with Gasteiger partial charge in [0.2, 0.25) is 5.91 Å². The van der Waals surface area contributed by atoms with Crippen molar-refractivity contribution in [3.8, 4) is 0 Å². The summed E-state index contributed by atoms with van der Waals surface area (Å²) in [5.41, 5.74) is 5.33. The van der Waals surface area contributed by atoms with Crippen LogP contribution >= 0.6 is 27.3 Å². The molecule has 0 fully saturated rings. The molecule has 0 aliphatic carbocycles. The predicted octanol–water partition coefficient (Wildman–Crippen LogP) is 0.489. The summed E-state index contributed by atoms with van der Waals surface area (Å²) in [6.45, 7) is 0.218. The van der Waals surface area contributed by atoms with Gasteiger partial charge in [-0.25, -0.2) is 0 Å². The molecule has 4 nitrogen and oxygen atoms in total. The summed E-state index contributed by atoms with van der Waals surface area (Å²) >= 11 is 5.00. The molecule has 1 unspecified atom stereocenters. The highest BCUT2D eigenvalue weighted by Gasteiger charge is 2.10. The fraction of sp³-hybridized carbons (Fsp3) is 0.444. The number of hydrogen-bond acceptors (Lipinski definition) is 4. The number of hydrogen-bond donors (Lipinski definition) is 3. The molecule has 1 amide bonds. The monoisotopic (exact) mass is 292 g/mol. The van der Waals surface area contributed by atoms with Crippen molar-refractivity contribution in [1.29, 1.82) is 0 Å². The minimum absolute atomic E-state index is 0.312. The van der Waals surface area contributed by atoms with E-state index in [4.69, 9.17) is 10.8 Å². The molecule has 1 atom stereocenters. The van der Waals surface area contributed by atoms with Gasteiger partial charge in [0.1, 0.15) is 6.04 Å². The number of thiophene rings is 1. The van der Waals surface area contributed by atoms with Gasteiger partial charge in [0.05, 0.1) is 10.4 Å². The second-order valence-electron chi connectivity index (χ2n) is 3.04. The standard InChI is InChI=1S/C9H13BrN2O2S/c10-8-2-1-6(15-8)3-4-12-9(14)7(11)5-13/h1-2,7,13H,3-5,11H2,(H,12,14). The molecule has 0 saturated heterocycles. The van der Waals surface area contributed by atoms with Gasteiger partial charge >= 0.3 is 0 Å². The summed E-state index contributed by atoms with van der Waals surface area (Å²) in [4.78, 5) is 12.4. The van der Waals surface area contributed by atoms with E-state index >= 15 is 0 Å². The van der Waals surface area contributed by atoms with E-state index < -0.39 is 6.04 Å². The average Bonchev–Trinajstić information content (AvgIpc) is 2.63. The van der Waals surface area contributed by atoms with Gasteiger partial charge in [0.25, 0.3) is 0 Å². The van der Waals surface area contributed by atoms with E-state index in [9.17, 15) is 4.79 Å². The zero-order valence-corrected chi connectivity index (χ0v) is 10.5. The smallest absolute Gasteiger partial charge is 0.239 e. The van der Waals surface area contributed by atoms with Crippen LogP contribution in [-0.2, 0) is 11.2 Å². The number of nitrogens with one attached hydrogen (secondary N) is 1. The number of amides is 1. The number of carbonyl (C=O) groups excluding carboxylic acids is 1. The van der Waals surface area contributed by atoms with Crippen molar-refractivity contribution in [2.24, 2.45) is 5.73 Å². The Morgan fingerprint density at radius 2 is 2.40 bits per heavy atom. The molecule has 84 valence electrons. The third-order valence-electron chi connectivity index (χ3n) is 1.83. The number of nitrogens with two attached hydrogens (primary N) is 1. The molecule has 0 bridgehead atoms. The maximum atomic E-state index is 11.2. The normalized spacial score (nSPS) is 12.5. The molecular weight excluding hydrogens is 280 g/mol. The summed E-state index contributed by atoms with van der Waals surface area (Å²) in [5, 5.41) is 11.3. The van der Waals surface area contributed by atoms with E-state index in [1.54, 1.807) is 11.3 Å². The third-order valence-corrected chi connectivity index (χ3v) is 3.52. The molecule has 0 aliphatic rings. The highest BCUT2D eigenvalue weighted by molar-refractivity contribution is 9.11. The summed E-state index contributed by atoms with van der Waals surface area (Å²) in [7, 11) is 0. The maximum absolute atomic E-state index is 11.2. The van der Waals surface area contributed by atoms with Crippen LogP contribution in [0.15, 0.2) is 15.9 Å².